The van der Waals surface area contributed by atoms with Gasteiger partial charge >= 0.3 is 0 Å². The van der Waals surface area contributed by atoms with Crippen molar-refractivity contribution in [3.63, 3.8) is 0 Å². The average molecular weight is 465 g/mol. The van der Waals surface area contributed by atoms with Crippen LogP contribution in [0.25, 0.3) is 16.9 Å². The zero-order valence-corrected chi connectivity index (χ0v) is 20.7. The number of nitrogens with one attached hydrogen (secondary N) is 1. The monoisotopic (exact) mass is 464 g/mol. The number of thioether (sulfide) groups is 1. The zero-order valence-electron chi connectivity index (χ0n) is 19.1. The minimum Gasteiger partial charge on any atom is -0.316 e. The number of hydrogen-bond donors (Lipinski definition) is 1. The fraction of sp³-hybridized carbons (Fsp3) is 0.375. The minimum absolute atomic E-state index is 0.0222. The van der Waals surface area contributed by atoms with Gasteiger partial charge < -0.3 is 9.88 Å². The molecular formula is C24H28N6S2. The molecule has 1 N–H and O–H groups in total. The van der Waals surface area contributed by atoms with Crippen LogP contribution in [0.4, 0.5) is 10.9 Å². The van der Waals surface area contributed by atoms with E-state index in [9.17, 15) is 0 Å². The van der Waals surface area contributed by atoms with E-state index in [1.54, 1.807) is 23.1 Å². The van der Waals surface area contributed by atoms with Crippen LogP contribution in [0.15, 0.2) is 47.1 Å². The predicted molar refractivity (Wildman–Crippen MR) is 134 cm³/mol. The van der Waals surface area contributed by atoms with Crippen LogP contribution < -0.4 is 5.32 Å². The summed E-state index contributed by atoms with van der Waals surface area (Å²) >= 11 is 3.36. The first-order valence-electron chi connectivity index (χ1n) is 10.8. The maximum Gasteiger partial charge on any atom is 0.188 e. The Hall–Kier alpha value is -2.58. The van der Waals surface area contributed by atoms with E-state index in [4.69, 9.17) is 10.1 Å². The number of thiazole rings is 1. The van der Waals surface area contributed by atoms with Crippen molar-refractivity contribution in [1.82, 2.24) is 24.3 Å². The highest BCUT2D eigenvalue weighted by Gasteiger charge is 2.30. The first-order valence-corrected chi connectivity index (χ1v) is 12.9. The first-order chi connectivity index (χ1) is 15.3. The van der Waals surface area contributed by atoms with E-state index in [1.165, 1.54) is 17.7 Å². The van der Waals surface area contributed by atoms with Gasteiger partial charge in [-0.2, -0.15) is 5.10 Å². The van der Waals surface area contributed by atoms with Crippen molar-refractivity contribution in [2.75, 3.05) is 11.6 Å². The van der Waals surface area contributed by atoms with Crippen LogP contribution in [0.2, 0.25) is 0 Å². The molecule has 1 aliphatic carbocycles. The van der Waals surface area contributed by atoms with Gasteiger partial charge in [0.2, 0.25) is 0 Å². The van der Waals surface area contributed by atoms with E-state index in [-0.39, 0.29) is 5.41 Å². The fourth-order valence-electron chi connectivity index (χ4n) is 3.63. The Kier molecular flexibility index (Phi) is 5.37. The molecule has 6 nitrogen and oxygen atoms in total. The molecule has 0 aliphatic heterocycles. The molecule has 1 aromatic carbocycles. The summed E-state index contributed by atoms with van der Waals surface area (Å²) in [5, 5.41) is 11.4. The molecular weight excluding hydrogens is 436 g/mol. The van der Waals surface area contributed by atoms with Crippen LogP contribution in [-0.4, -0.2) is 30.6 Å². The van der Waals surface area contributed by atoms with Crippen molar-refractivity contribution in [3.8, 4) is 16.9 Å². The molecule has 3 aromatic heterocycles. The summed E-state index contributed by atoms with van der Waals surface area (Å²) in [6.45, 7) is 8.62. The molecule has 1 aliphatic rings. The normalized spacial score (nSPS) is 14.2. The lowest BCUT2D eigenvalue weighted by Gasteiger charge is -2.13. The topological polar surface area (TPSA) is 60.6 Å². The van der Waals surface area contributed by atoms with Crippen molar-refractivity contribution in [2.45, 2.75) is 56.9 Å². The third-order valence-electron chi connectivity index (χ3n) is 5.60. The van der Waals surface area contributed by atoms with Gasteiger partial charge in [-0.25, -0.2) is 14.6 Å². The second kappa shape index (κ2) is 8.08. The van der Waals surface area contributed by atoms with Gasteiger partial charge in [0.05, 0.1) is 35.1 Å². The van der Waals surface area contributed by atoms with Gasteiger partial charge in [0.15, 0.2) is 5.13 Å². The average Bonchev–Trinajstić information content (AvgIpc) is 3.13. The molecule has 0 atom stereocenters. The Balaban J connectivity index is 1.41. The van der Waals surface area contributed by atoms with Gasteiger partial charge in [-0.05, 0) is 38.2 Å². The van der Waals surface area contributed by atoms with Crippen molar-refractivity contribution < 1.29 is 0 Å². The molecule has 0 spiro atoms. The molecule has 1 saturated carbocycles. The van der Waals surface area contributed by atoms with E-state index in [2.05, 4.69) is 82.4 Å². The quantitative estimate of drug-likeness (QED) is 0.326. The maximum absolute atomic E-state index is 4.89. The van der Waals surface area contributed by atoms with Crippen LogP contribution in [0.3, 0.4) is 0 Å². The second-order valence-corrected chi connectivity index (χ2v) is 11.0. The van der Waals surface area contributed by atoms with Crippen molar-refractivity contribution in [3.05, 3.63) is 53.6 Å². The molecule has 0 unspecified atom stereocenters. The van der Waals surface area contributed by atoms with Crippen molar-refractivity contribution in [1.29, 1.82) is 0 Å². The lowest BCUT2D eigenvalue weighted by molar-refractivity contribution is 0.538. The number of rotatable bonds is 6. The Morgan fingerprint density at radius 2 is 2.00 bits per heavy atom. The van der Waals surface area contributed by atoms with Gasteiger partial charge in [-0.1, -0.05) is 26.8 Å². The Bertz CT molecular complexity index is 1260. The lowest BCUT2D eigenvalue weighted by atomic mass is 9.92. The number of benzene rings is 1. The van der Waals surface area contributed by atoms with E-state index in [1.807, 2.05) is 13.3 Å². The van der Waals surface area contributed by atoms with Crippen LogP contribution >= 0.6 is 23.1 Å². The first kappa shape index (κ1) is 21.3. The second-order valence-electron chi connectivity index (χ2n) is 9.31. The Morgan fingerprint density at radius 3 is 2.66 bits per heavy atom. The lowest BCUT2D eigenvalue weighted by Crippen LogP contribution is -2.12. The van der Waals surface area contributed by atoms with E-state index in [0.717, 1.165) is 39.3 Å². The highest BCUT2D eigenvalue weighted by molar-refractivity contribution is 7.98. The molecule has 0 saturated heterocycles. The van der Waals surface area contributed by atoms with Gasteiger partial charge in [-0.15, -0.1) is 23.1 Å². The summed E-state index contributed by atoms with van der Waals surface area (Å²) in [5.41, 5.74) is 5.38. The van der Waals surface area contributed by atoms with Gasteiger partial charge in [0.1, 0.15) is 5.82 Å². The summed E-state index contributed by atoms with van der Waals surface area (Å²) in [6, 6.07) is 9.17. The van der Waals surface area contributed by atoms with E-state index in [0.29, 0.717) is 6.04 Å². The van der Waals surface area contributed by atoms with Gasteiger partial charge in [-0.3, -0.25) is 0 Å². The number of anilines is 2. The zero-order chi connectivity index (χ0) is 22.5. The SMILES string of the molecule is CSc1cc(-c2csc(Nc3cc(C(C)(C)C)nn3C3CC3)n2)ccc1-n1cnc(C)c1. The fourth-order valence-corrected chi connectivity index (χ4v) is 4.98. The predicted octanol–water partition coefficient (Wildman–Crippen LogP) is 6.60. The molecule has 0 radical (unpaired) electrons. The van der Waals surface area contributed by atoms with Crippen molar-refractivity contribution >= 4 is 34.0 Å². The smallest absolute Gasteiger partial charge is 0.188 e. The summed E-state index contributed by atoms with van der Waals surface area (Å²) < 4.78 is 4.22. The number of imidazole rings is 1. The largest absolute Gasteiger partial charge is 0.316 e. The third-order valence-corrected chi connectivity index (χ3v) is 7.13. The third kappa shape index (κ3) is 4.21. The van der Waals surface area contributed by atoms with Gasteiger partial charge in [0.25, 0.3) is 0 Å². The van der Waals surface area contributed by atoms with Crippen LogP contribution in [0, 0.1) is 6.92 Å². The highest BCUT2D eigenvalue weighted by atomic mass is 32.2. The Labute approximate surface area is 197 Å². The Morgan fingerprint density at radius 1 is 1.19 bits per heavy atom. The van der Waals surface area contributed by atoms with E-state index < -0.39 is 0 Å². The highest BCUT2D eigenvalue weighted by Crippen LogP contribution is 2.40. The molecule has 4 aromatic rings. The number of nitrogens with zero attached hydrogens (tertiary/aromatic N) is 5. The summed E-state index contributed by atoms with van der Waals surface area (Å²) in [7, 11) is 0. The molecule has 8 heteroatoms. The molecule has 3 heterocycles. The molecule has 5 rings (SSSR count). The summed E-state index contributed by atoms with van der Waals surface area (Å²) in [5.74, 6) is 1.04. The molecule has 1 fully saturated rings. The van der Waals surface area contributed by atoms with Crippen LogP contribution in [0.1, 0.15) is 51.0 Å². The molecule has 0 amide bonds. The van der Waals surface area contributed by atoms with E-state index >= 15 is 0 Å². The van der Waals surface area contributed by atoms with Crippen LogP contribution in [-0.2, 0) is 5.41 Å². The summed E-state index contributed by atoms with van der Waals surface area (Å²) in [4.78, 5) is 10.4. The number of hydrogen-bond acceptors (Lipinski definition) is 6. The minimum atomic E-state index is 0.0222. The standard InChI is InChI=1S/C24H28N6S2/c1-15-12-29(14-25-15)19-9-6-16(10-20(19)31-5)18-13-32-23(26-18)27-22-11-21(24(2,3)4)28-30(22)17-7-8-17/h6,9-14,17H,7-8H2,1-5H3,(H,26,27). The number of aryl methyl sites for hydroxylation is 1. The molecule has 166 valence electrons. The maximum atomic E-state index is 4.89. The molecule has 32 heavy (non-hydrogen) atoms. The van der Waals surface area contributed by atoms with Crippen LogP contribution in [0.5, 0.6) is 0 Å². The van der Waals surface area contributed by atoms with Crippen molar-refractivity contribution in [2.24, 2.45) is 0 Å². The summed E-state index contributed by atoms with van der Waals surface area (Å²) in [6.07, 6.45) is 8.41. The van der Waals surface area contributed by atoms with Gasteiger partial charge in [0, 0.05) is 33.5 Å². The molecule has 0 bridgehead atoms. The number of aromatic nitrogens is 5.